The lowest BCUT2D eigenvalue weighted by molar-refractivity contribution is -0.295. The molecular formula is C35H40FNO6S. The van der Waals surface area contributed by atoms with Crippen LogP contribution in [0.1, 0.15) is 57.4 Å². The van der Waals surface area contributed by atoms with Gasteiger partial charge < -0.3 is 23.8 Å². The zero-order chi connectivity index (χ0) is 31.7. The Hall–Kier alpha value is -3.40. The van der Waals surface area contributed by atoms with Crippen molar-refractivity contribution in [2.45, 2.75) is 64.2 Å². The van der Waals surface area contributed by atoms with Crippen LogP contribution in [0.3, 0.4) is 0 Å². The molecule has 2 aliphatic heterocycles. The number of hydrogen-bond acceptors (Lipinski definition) is 7. The van der Waals surface area contributed by atoms with E-state index in [0.29, 0.717) is 30.4 Å². The van der Waals surface area contributed by atoms with Crippen LogP contribution in [0.15, 0.2) is 72.8 Å². The van der Waals surface area contributed by atoms with Crippen LogP contribution in [0.2, 0.25) is 0 Å². The molecular weight excluding hydrogens is 581 g/mol. The molecule has 9 heteroatoms. The Morgan fingerprint density at radius 3 is 2.18 bits per heavy atom. The maximum Gasteiger partial charge on any atom is 0.344 e. The van der Waals surface area contributed by atoms with Crippen LogP contribution >= 0.6 is 11.8 Å². The van der Waals surface area contributed by atoms with E-state index < -0.39 is 22.6 Å². The third-order valence-electron chi connectivity index (χ3n) is 7.49. The van der Waals surface area contributed by atoms with Gasteiger partial charge in [-0.3, -0.25) is 4.79 Å². The summed E-state index contributed by atoms with van der Waals surface area (Å²) in [6.07, 6.45) is 0. The topological polar surface area (TPSA) is 74.3 Å². The van der Waals surface area contributed by atoms with E-state index in [1.165, 1.54) is 23.9 Å². The highest BCUT2D eigenvalue weighted by molar-refractivity contribution is 8.00. The van der Waals surface area contributed by atoms with Gasteiger partial charge in [-0.05, 0) is 69.7 Å². The number of carbonyl (C=O) groups is 2. The lowest BCUT2D eigenvalue weighted by Gasteiger charge is -2.49. The summed E-state index contributed by atoms with van der Waals surface area (Å²) in [6, 6.07) is 21.0. The Morgan fingerprint density at radius 2 is 1.59 bits per heavy atom. The van der Waals surface area contributed by atoms with E-state index in [0.717, 1.165) is 16.7 Å². The first-order valence-electron chi connectivity index (χ1n) is 14.8. The van der Waals surface area contributed by atoms with Crippen molar-refractivity contribution >= 4 is 29.3 Å². The van der Waals surface area contributed by atoms with E-state index in [1.807, 2.05) is 43.3 Å². The molecule has 0 N–H and O–H groups in total. The second-order valence-electron chi connectivity index (χ2n) is 13.2. The molecule has 2 saturated heterocycles. The molecule has 0 bridgehead atoms. The fourth-order valence-corrected chi connectivity index (χ4v) is 6.61. The van der Waals surface area contributed by atoms with Gasteiger partial charge in [0, 0.05) is 16.7 Å². The summed E-state index contributed by atoms with van der Waals surface area (Å²) in [5.41, 5.74) is 2.82. The Morgan fingerprint density at radius 1 is 0.977 bits per heavy atom. The Balaban J connectivity index is 1.37. The van der Waals surface area contributed by atoms with E-state index in [-0.39, 0.29) is 29.8 Å². The van der Waals surface area contributed by atoms with Crippen molar-refractivity contribution < 1.29 is 32.9 Å². The van der Waals surface area contributed by atoms with Gasteiger partial charge in [0.2, 0.25) is 11.7 Å². The average Bonchev–Trinajstić information content (AvgIpc) is 2.97. The molecule has 0 saturated carbocycles. The molecule has 2 fully saturated rings. The monoisotopic (exact) mass is 621 g/mol. The highest BCUT2D eigenvalue weighted by Crippen LogP contribution is 2.48. The third-order valence-corrected chi connectivity index (χ3v) is 8.85. The number of carbonyl (C=O) groups excluding carboxylic acids is 2. The molecule has 2 atom stereocenters. The summed E-state index contributed by atoms with van der Waals surface area (Å²) in [7, 11) is 0. The summed E-state index contributed by atoms with van der Waals surface area (Å²) in [6.45, 7) is 12.5. The quantitative estimate of drug-likeness (QED) is 0.189. The van der Waals surface area contributed by atoms with Crippen molar-refractivity contribution in [1.29, 1.82) is 0 Å². The highest BCUT2D eigenvalue weighted by atomic mass is 32.2. The maximum atomic E-state index is 13.8. The van der Waals surface area contributed by atoms with Gasteiger partial charge >= 0.3 is 5.97 Å². The molecule has 5 rings (SSSR count). The number of amides is 1. The van der Waals surface area contributed by atoms with Crippen molar-refractivity contribution in [3.05, 3.63) is 95.3 Å². The number of nitrogens with zero attached hydrogens (tertiary/aromatic N) is 1. The number of benzene rings is 3. The smallest absolute Gasteiger partial charge is 0.344 e. The van der Waals surface area contributed by atoms with Gasteiger partial charge in [-0.2, -0.15) is 0 Å². The van der Waals surface area contributed by atoms with Gasteiger partial charge in [0.15, 0.2) is 6.61 Å². The zero-order valence-corrected chi connectivity index (χ0v) is 26.9. The normalized spacial score (nSPS) is 21.0. The first-order chi connectivity index (χ1) is 20.8. The molecule has 2 heterocycles. The van der Waals surface area contributed by atoms with E-state index in [1.54, 1.807) is 49.9 Å². The zero-order valence-electron chi connectivity index (χ0n) is 26.1. The van der Waals surface area contributed by atoms with Gasteiger partial charge in [-0.15, -0.1) is 11.8 Å². The van der Waals surface area contributed by atoms with Crippen LogP contribution in [0, 0.1) is 18.2 Å². The first kappa shape index (κ1) is 32.0. The minimum absolute atomic E-state index is 0.0768. The predicted octanol–water partition coefficient (Wildman–Crippen LogP) is 6.97. The van der Waals surface area contributed by atoms with E-state index in [9.17, 15) is 14.0 Å². The third kappa shape index (κ3) is 7.28. The second kappa shape index (κ2) is 12.5. The van der Waals surface area contributed by atoms with Crippen LogP contribution in [0.5, 0.6) is 5.75 Å². The number of aryl methyl sites for hydroxylation is 1. The Labute approximate surface area is 263 Å². The van der Waals surface area contributed by atoms with E-state index >= 15 is 0 Å². The number of thioether (sulfide) groups is 1. The second-order valence-corrected chi connectivity index (χ2v) is 14.3. The van der Waals surface area contributed by atoms with Crippen molar-refractivity contribution in [2.24, 2.45) is 5.41 Å². The molecule has 3 aromatic rings. The van der Waals surface area contributed by atoms with Gasteiger partial charge in [-0.25, -0.2) is 9.18 Å². The standard InChI is InChI=1S/C35H40FNO6S/c1-23-7-11-25(12-8-23)35(41-20-34(5,6)21-42-35)22-44-31-30(37(32(31)39)27-15-13-26(36)14-16-27)24-9-17-28(18-10-24)40-19-29(38)43-33(2,3)4/h7-18,30-31H,19-22H2,1-6H3. The number of ether oxygens (including phenoxy) is 4. The summed E-state index contributed by atoms with van der Waals surface area (Å²) >= 11 is 1.50. The number of hydrogen-bond donors (Lipinski definition) is 0. The molecule has 2 aliphatic rings. The number of β-lactam (4-membered cyclic amide) rings is 1. The summed E-state index contributed by atoms with van der Waals surface area (Å²) in [5.74, 6) is -0.977. The number of rotatable bonds is 9. The number of anilines is 1. The fourth-order valence-electron chi connectivity index (χ4n) is 5.16. The van der Waals surface area contributed by atoms with E-state index in [4.69, 9.17) is 18.9 Å². The first-order valence-corrected chi connectivity index (χ1v) is 15.8. The minimum atomic E-state index is -0.992. The van der Waals surface area contributed by atoms with Crippen molar-refractivity contribution in [2.75, 3.05) is 30.5 Å². The van der Waals surface area contributed by atoms with Gasteiger partial charge in [0.05, 0.1) is 25.0 Å². The van der Waals surface area contributed by atoms with Crippen LogP contribution in [0.25, 0.3) is 0 Å². The molecule has 3 aromatic carbocycles. The molecule has 7 nitrogen and oxygen atoms in total. The maximum absolute atomic E-state index is 13.8. The molecule has 1 amide bonds. The average molecular weight is 622 g/mol. The predicted molar refractivity (Wildman–Crippen MR) is 169 cm³/mol. The molecule has 234 valence electrons. The van der Waals surface area contributed by atoms with Crippen LogP contribution in [-0.4, -0.2) is 48.3 Å². The van der Waals surface area contributed by atoms with Gasteiger partial charge in [0.1, 0.15) is 22.4 Å². The number of halogens is 1. The largest absolute Gasteiger partial charge is 0.482 e. The van der Waals surface area contributed by atoms with Crippen molar-refractivity contribution in [3.8, 4) is 5.75 Å². The molecule has 0 spiro atoms. The Kier molecular flexibility index (Phi) is 9.12. The van der Waals surface area contributed by atoms with Crippen LogP contribution < -0.4 is 9.64 Å². The lowest BCUT2D eigenvalue weighted by Crippen LogP contribution is -2.58. The van der Waals surface area contributed by atoms with Crippen LogP contribution in [0.4, 0.5) is 10.1 Å². The van der Waals surface area contributed by atoms with Gasteiger partial charge in [0.25, 0.3) is 0 Å². The van der Waals surface area contributed by atoms with E-state index in [2.05, 4.69) is 13.8 Å². The molecule has 2 unspecified atom stereocenters. The summed E-state index contributed by atoms with van der Waals surface area (Å²) in [4.78, 5) is 27.5. The van der Waals surface area contributed by atoms with Gasteiger partial charge in [-0.1, -0.05) is 55.8 Å². The molecule has 0 aliphatic carbocycles. The molecule has 0 aromatic heterocycles. The molecule has 44 heavy (non-hydrogen) atoms. The Bertz CT molecular complexity index is 1460. The van der Waals surface area contributed by atoms with Crippen molar-refractivity contribution in [1.82, 2.24) is 0 Å². The van der Waals surface area contributed by atoms with Crippen LogP contribution in [-0.2, 0) is 29.6 Å². The summed E-state index contributed by atoms with van der Waals surface area (Å²) < 4.78 is 37.6. The minimum Gasteiger partial charge on any atom is -0.482 e. The molecule has 0 radical (unpaired) electrons. The SMILES string of the molecule is Cc1ccc(C2(CSC3C(=O)N(c4ccc(F)cc4)C3c3ccc(OCC(=O)OC(C)(C)C)cc3)OCC(C)(C)CO2)cc1. The summed E-state index contributed by atoms with van der Waals surface area (Å²) in [5, 5.41) is -0.432. The van der Waals surface area contributed by atoms with Crippen molar-refractivity contribution in [3.63, 3.8) is 0 Å². The number of esters is 1. The lowest BCUT2D eigenvalue weighted by atomic mass is 9.92. The highest BCUT2D eigenvalue weighted by Gasteiger charge is 2.51. The fraction of sp³-hybridized carbons (Fsp3) is 0.429.